The molecule has 1 fully saturated rings. The largest absolute Gasteiger partial charge is 0.494 e. The van der Waals surface area contributed by atoms with Crippen LogP contribution in [0.15, 0.2) is 77.7 Å². The average Bonchev–Trinajstić information content (AvgIpc) is 3.17. The first-order valence-corrected chi connectivity index (χ1v) is 12.3. The summed E-state index contributed by atoms with van der Waals surface area (Å²) in [5.74, 6) is 0.280. The molecule has 0 radical (unpaired) electrons. The van der Waals surface area contributed by atoms with Crippen molar-refractivity contribution in [1.82, 2.24) is 4.90 Å². The van der Waals surface area contributed by atoms with E-state index in [4.69, 9.17) is 9.47 Å². The third-order valence-corrected chi connectivity index (χ3v) is 6.24. The molecule has 0 saturated carbocycles. The van der Waals surface area contributed by atoms with E-state index in [2.05, 4.69) is 11.4 Å². The predicted molar refractivity (Wildman–Crippen MR) is 141 cm³/mol. The summed E-state index contributed by atoms with van der Waals surface area (Å²) in [4.78, 5) is 38.8. The Morgan fingerprint density at radius 1 is 1.00 bits per heavy atom. The van der Waals surface area contributed by atoms with Gasteiger partial charge in [0.05, 0.1) is 23.1 Å². The molecule has 0 atom stereocenters. The van der Waals surface area contributed by atoms with Gasteiger partial charge in [-0.25, -0.2) is 0 Å². The Hall–Kier alpha value is -4.55. The fourth-order valence-corrected chi connectivity index (χ4v) is 4.35. The van der Waals surface area contributed by atoms with Crippen LogP contribution in [0.4, 0.5) is 10.5 Å². The summed E-state index contributed by atoms with van der Waals surface area (Å²) in [6, 6.07) is 23.2. The lowest BCUT2D eigenvalue weighted by atomic mass is 10.1. The molecule has 0 unspecified atom stereocenters. The van der Waals surface area contributed by atoms with E-state index in [1.54, 1.807) is 66.7 Å². The van der Waals surface area contributed by atoms with Crippen LogP contribution in [0.25, 0.3) is 6.08 Å². The monoisotopic (exact) mass is 513 g/mol. The van der Waals surface area contributed by atoms with Crippen LogP contribution in [0.2, 0.25) is 0 Å². The number of anilines is 1. The first-order valence-electron chi connectivity index (χ1n) is 11.5. The van der Waals surface area contributed by atoms with Gasteiger partial charge in [-0.1, -0.05) is 30.3 Å². The number of imide groups is 1. The number of rotatable bonds is 9. The van der Waals surface area contributed by atoms with Gasteiger partial charge >= 0.3 is 0 Å². The summed E-state index contributed by atoms with van der Waals surface area (Å²) < 4.78 is 11.1. The molecule has 1 saturated heterocycles. The average molecular weight is 514 g/mol. The zero-order valence-electron chi connectivity index (χ0n) is 20.0. The van der Waals surface area contributed by atoms with Crippen molar-refractivity contribution in [1.29, 1.82) is 5.26 Å². The lowest BCUT2D eigenvalue weighted by Gasteiger charge is -2.12. The highest BCUT2D eigenvalue weighted by molar-refractivity contribution is 8.18. The van der Waals surface area contributed by atoms with Crippen molar-refractivity contribution in [3.05, 3.63) is 94.4 Å². The summed E-state index contributed by atoms with van der Waals surface area (Å²) in [6.45, 7) is 2.28. The third-order valence-electron chi connectivity index (χ3n) is 5.33. The highest BCUT2D eigenvalue weighted by atomic mass is 32.2. The topological polar surface area (TPSA) is 109 Å². The number of ether oxygens (including phenoxy) is 2. The van der Waals surface area contributed by atoms with Gasteiger partial charge in [0, 0.05) is 11.3 Å². The lowest BCUT2D eigenvalue weighted by Crippen LogP contribution is -2.36. The van der Waals surface area contributed by atoms with E-state index < -0.39 is 17.1 Å². The molecule has 37 heavy (non-hydrogen) atoms. The number of amides is 3. The summed E-state index contributed by atoms with van der Waals surface area (Å²) in [6.07, 6.45) is 1.60. The van der Waals surface area contributed by atoms with Crippen LogP contribution < -0.4 is 14.8 Å². The van der Waals surface area contributed by atoms with E-state index in [1.165, 1.54) is 0 Å². The SMILES string of the molecule is CCOc1ccc(NC(=O)CN2C(=O)S/C(=C/c3ccc(OCc4ccccc4C#N)cc3)C2=O)cc1. The minimum absolute atomic E-state index is 0.232. The molecule has 0 spiro atoms. The predicted octanol–water partition coefficient (Wildman–Crippen LogP) is 5.21. The van der Waals surface area contributed by atoms with Crippen LogP contribution in [0.3, 0.4) is 0 Å². The van der Waals surface area contributed by atoms with Crippen molar-refractivity contribution in [2.24, 2.45) is 0 Å². The maximum atomic E-state index is 12.8. The zero-order valence-corrected chi connectivity index (χ0v) is 20.8. The van der Waals surface area contributed by atoms with Crippen molar-refractivity contribution < 1.29 is 23.9 Å². The highest BCUT2D eigenvalue weighted by Crippen LogP contribution is 2.32. The van der Waals surface area contributed by atoms with Crippen molar-refractivity contribution in [2.75, 3.05) is 18.5 Å². The molecule has 3 aromatic carbocycles. The molecule has 1 heterocycles. The number of benzene rings is 3. The molecule has 1 N–H and O–H groups in total. The van der Waals surface area contributed by atoms with Gasteiger partial charge in [0.2, 0.25) is 5.91 Å². The van der Waals surface area contributed by atoms with Crippen molar-refractivity contribution >= 4 is 40.6 Å². The molecule has 3 amide bonds. The normalized spacial score (nSPS) is 13.9. The van der Waals surface area contributed by atoms with Gasteiger partial charge in [0.15, 0.2) is 0 Å². The fraction of sp³-hybridized carbons (Fsp3) is 0.143. The van der Waals surface area contributed by atoms with E-state index >= 15 is 0 Å². The van der Waals surface area contributed by atoms with E-state index in [0.29, 0.717) is 34.9 Å². The maximum absolute atomic E-state index is 12.8. The van der Waals surface area contributed by atoms with Gasteiger partial charge in [-0.2, -0.15) is 5.26 Å². The number of nitrogens with one attached hydrogen (secondary N) is 1. The van der Waals surface area contributed by atoms with E-state index in [1.807, 2.05) is 19.1 Å². The summed E-state index contributed by atoms with van der Waals surface area (Å²) >= 11 is 0.788. The molecule has 9 heteroatoms. The smallest absolute Gasteiger partial charge is 0.294 e. The Morgan fingerprint density at radius 2 is 1.68 bits per heavy atom. The molecule has 0 bridgehead atoms. The van der Waals surface area contributed by atoms with Gasteiger partial charge < -0.3 is 14.8 Å². The first kappa shape index (κ1) is 25.5. The second kappa shape index (κ2) is 11.9. The number of hydrogen-bond donors (Lipinski definition) is 1. The minimum atomic E-state index is -0.523. The van der Waals surface area contributed by atoms with Crippen molar-refractivity contribution in [3.63, 3.8) is 0 Å². The van der Waals surface area contributed by atoms with Gasteiger partial charge in [0.1, 0.15) is 24.7 Å². The summed E-state index contributed by atoms with van der Waals surface area (Å²) in [7, 11) is 0. The molecule has 4 rings (SSSR count). The van der Waals surface area contributed by atoms with Crippen LogP contribution in [0.5, 0.6) is 11.5 Å². The van der Waals surface area contributed by atoms with Crippen LogP contribution >= 0.6 is 11.8 Å². The summed E-state index contributed by atoms with van der Waals surface area (Å²) in [5.41, 5.74) is 2.58. The first-order chi connectivity index (χ1) is 18.0. The molecule has 1 aliphatic rings. The van der Waals surface area contributed by atoms with Crippen molar-refractivity contribution in [3.8, 4) is 17.6 Å². The Bertz CT molecular complexity index is 1380. The van der Waals surface area contributed by atoms with E-state index in [9.17, 15) is 19.6 Å². The van der Waals surface area contributed by atoms with Crippen molar-refractivity contribution in [2.45, 2.75) is 13.5 Å². The second-order valence-electron chi connectivity index (χ2n) is 7.90. The van der Waals surface area contributed by atoms with Crippen LogP contribution in [0, 0.1) is 11.3 Å². The molecule has 8 nitrogen and oxygen atoms in total. The number of hydrogen-bond acceptors (Lipinski definition) is 7. The molecule has 0 aliphatic carbocycles. The molecular weight excluding hydrogens is 490 g/mol. The Kier molecular flexibility index (Phi) is 8.23. The number of nitrogens with zero attached hydrogens (tertiary/aromatic N) is 2. The Labute approximate surface area is 218 Å². The summed E-state index contributed by atoms with van der Waals surface area (Å²) in [5, 5.41) is 11.4. The third kappa shape index (κ3) is 6.57. The van der Waals surface area contributed by atoms with Gasteiger partial charge in [-0.3, -0.25) is 19.3 Å². The lowest BCUT2D eigenvalue weighted by molar-refractivity contribution is -0.127. The van der Waals surface area contributed by atoms with Crippen LogP contribution in [-0.4, -0.2) is 35.1 Å². The molecular formula is C28H23N3O5S. The molecule has 0 aromatic heterocycles. The molecule has 3 aromatic rings. The molecule has 186 valence electrons. The van der Waals surface area contributed by atoms with Crippen LogP contribution in [-0.2, 0) is 16.2 Å². The Balaban J connectivity index is 1.34. The number of thioether (sulfide) groups is 1. The van der Waals surface area contributed by atoms with Crippen LogP contribution in [0.1, 0.15) is 23.6 Å². The fourth-order valence-electron chi connectivity index (χ4n) is 3.51. The number of nitriles is 1. The van der Waals surface area contributed by atoms with Gasteiger partial charge in [-0.15, -0.1) is 0 Å². The highest BCUT2D eigenvalue weighted by Gasteiger charge is 2.36. The minimum Gasteiger partial charge on any atom is -0.494 e. The van der Waals surface area contributed by atoms with E-state index in [0.717, 1.165) is 22.2 Å². The van der Waals surface area contributed by atoms with E-state index in [-0.39, 0.29) is 18.1 Å². The Morgan fingerprint density at radius 3 is 2.38 bits per heavy atom. The standard InChI is InChI=1S/C28H23N3O5S/c1-2-35-23-13-9-22(10-14-23)30-26(32)17-31-27(33)25(37-28(31)34)15-19-7-11-24(12-8-19)36-18-21-6-4-3-5-20(21)16-29/h3-15H,2,17-18H2,1H3,(H,30,32)/b25-15+. The quantitative estimate of drug-likeness (QED) is 0.391. The number of carbonyl (C=O) groups excluding carboxylic acids is 3. The maximum Gasteiger partial charge on any atom is 0.294 e. The zero-order chi connectivity index (χ0) is 26.2. The molecule has 1 aliphatic heterocycles. The van der Waals surface area contributed by atoms with Gasteiger partial charge in [-0.05, 0) is 72.8 Å². The second-order valence-corrected chi connectivity index (χ2v) is 8.89. The van der Waals surface area contributed by atoms with Gasteiger partial charge in [0.25, 0.3) is 11.1 Å². The number of carbonyl (C=O) groups is 3.